The molecule has 0 saturated heterocycles. The second kappa shape index (κ2) is 7.75. The number of thiazole rings is 1. The van der Waals surface area contributed by atoms with Crippen LogP contribution in [0, 0.1) is 0 Å². The largest absolute Gasteiger partial charge is 0.298 e. The van der Waals surface area contributed by atoms with Gasteiger partial charge >= 0.3 is 0 Å². The maximum Gasteiger partial charge on any atom is 0.250 e. The smallest absolute Gasteiger partial charge is 0.250 e. The summed E-state index contributed by atoms with van der Waals surface area (Å²) in [6, 6.07) is 15.2. The van der Waals surface area contributed by atoms with Crippen molar-refractivity contribution in [3.8, 4) is 11.3 Å². The lowest BCUT2D eigenvalue weighted by molar-refractivity contribution is -0.111. The van der Waals surface area contributed by atoms with E-state index >= 15 is 0 Å². The molecule has 1 amide bonds. The van der Waals surface area contributed by atoms with Crippen molar-refractivity contribution in [2.45, 2.75) is 0 Å². The van der Waals surface area contributed by atoms with Gasteiger partial charge < -0.3 is 0 Å². The zero-order valence-corrected chi connectivity index (χ0v) is 15.5. The molecule has 2 aromatic carbocycles. The van der Waals surface area contributed by atoms with Crippen LogP contribution in [0.2, 0.25) is 5.02 Å². The number of halogens is 2. The molecule has 6 heteroatoms. The summed E-state index contributed by atoms with van der Waals surface area (Å²) in [6.45, 7) is 0. The van der Waals surface area contributed by atoms with Crippen molar-refractivity contribution in [3.05, 3.63) is 75.0 Å². The van der Waals surface area contributed by atoms with Crippen LogP contribution in [-0.2, 0) is 4.79 Å². The molecule has 3 aromatic rings. The average Bonchev–Trinajstić information content (AvgIpc) is 3.02. The summed E-state index contributed by atoms with van der Waals surface area (Å²) in [4.78, 5) is 16.5. The number of aromatic nitrogens is 1. The summed E-state index contributed by atoms with van der Waals surface area (Å²) in [5.74, 6) is -0.245. The van der Waals surface area contributed by atoms with Crippen molar-refractivity contribution in [2.24, 2.45) is 0 Å². The van der Waals surface area contributed by atoms with Gasteiger partial charge in [-0.3, -0.25) is 10.1 Å². The first-order valence-corrected chi connectivity index (χ1v) is 9.12. The molecule has 0 radical (unpaired) electrons. The van der Waals surface area contributed by atoms with Gasteiger partial charge in [-0.15, -0.1) is 11.3 Å². The van der Waals surface area contributed by atoms with Crippen molar-refractivity contribution < 1.29 is 4.79 Å². The van der Waals surface area contributed by atoms with Gasteiger partial charge in [-0.2, -0.15) is 0 Å². The Kier molecular flexibility index (Phi) is 5.45. The summed E-state index contributed by atoms with van der Waals surface area (Å²) >= 11 is 10.9. The third-order valence-electron chi connectivity index (χ3n) is 3.17. The predicted octanol–water partition coefficient (Wildman–Crippen LogP) is 5.88. The van der Waals surface area contributed by atoms with Crippen molar-refractivity contribution in [3.63, 3.8) is 0 Å². The predicted molar refractivity (Wildman–Crippen MR) is 104 cm³/mol. The van der Waals surface area contributed by atoms with E-state index in [-0.39, 0.29) is 5.91 Å². The van der Waals surface area contributed by atoms with Crippen LogP contribution in [-0.4, -0.2) is 10.9 Å². The second-order valence-corrected chi connectivity index (χ2v) is 7.07. The molecule has 3 rings (SSSR count). The Bertz CT molecular complexity index is 907. The second-order valence-electron chi connectivity index (χ2n) is 4.89. The Morgan fingerprint density at radius 2 is 2.04 bits per heavy atom. The lowest BCUT2D eigenvalue weighted by atomic mass is 10.2. The minimum absolute atomic E-state index is 0.245. The van der Waals surface area contributed by atoms with Gasteiger partial charge in [0.1, 0.15) is 0 Å². The van der Waals surface area contributed by atoms with Gasteiger partial charge in [-0.1, -0.05) is 57.9 Å². The highest BCUT2D eigenvalue weighted by molar-refractivity contribution is 9.10. The van der Waals surface area contributed by atoms with E-state index in [1.165, 1.54) is 17.4 Å². The van der Waals surface area contributed by atoms with E-state index in [9.17, 15) is 4.79 Å². The van der Waals surface area contributed by atoms with E-state index in [2.05, 4.69) is 26.2 Å². The standard InChI is InChI=1S/C18H12BrClN2OS/c19-14-6-3-5-13(10-14)16-11-24-18(21-16)22-17(23)9-8-12-4-1-2-7-15(12)20/h1-11H,(H,21,22,23)/b9-8+. The number of carbonyl (C=O) groups excluding carboxylic acids is 1. The van der Waals surface area contributed by atoms with E-state index in [0.717, 1.165) is 21.3 Å². The van der Waals surface area contributed by atoms with E-state index in [4.69, 9.17) is 11.6 Å². The molecule has 0 unspecified atom stereocenters. The van der Waals surface area contributed by atoms with Gasteiger partial charge in [0.2, 0.25) is 5.91 Å². The molecule has 3 nitrogen and oxygen atoms in total. The van der Waals surface area contributed by atoms with Gasteiger partial charge in [0.05, 0.1) is 5.69 Å². The van der Waals surface area contributed by atoms with Gasteiger partial charge in [-0.25, -0.2) is 4.98 Å². The number of nitrogens with zero attached hydrogens (tertiary/aromatic N) is 1. The Morgan fingerprint density at radius 1 is 1.21 bits per heavy atom. The molecule has 1 heterocycles. The molecule has 0 aliphatic heterocycles. The fourth-order valence-corrected chi connectivity index (χ4v) is 3.35. The molecule has 0 aliphatic rings. The molecule has 0 saturated carbocycles. The minimum Gasteiger partial charge on any atom is -0.298 e. The fraction of sp³-hybridized carbons (Fsp3) is 0. The summed E-state index contributed by atoms with van der Waals surface area (Å²) in [5, 5.41) is 5.83. The SMILES string of the molecule is O=C(/C=C/c1ccccc1Cl)Nc1nc(-c2cccc(Br)c2)cs1. The summed E-state index contributed by atoms with van der Waals surface area (Å²) in [5.41, 5.74) is 2.61. The first-order chi connectivity index (χ1) is 11.6. The lowest BCUT2D eigenvalue weighted by Crippen LogP contribution is -2.07. The Labute approximate surface area is 157 Å². The van der Waals surface area contributed by atoms with E-state index in [1.807, 2.05) is 47.8 Å². The van der Waals surface area contributed by atoms with E-state index in [0.29, 0.717) is 10.2 Å². The van der Waals surface area contributed by atoms with Crippen LogP contribution in [0.15, 0.2) is 64.5 Å². The topological polar surface area (TPSA) is 42.0 Å². The van der Waals surface area contributed by atoms with Gasteiger partial charge in [0.15, 0.2) is 5.13 Å². The maximum absolute atomic E-state index is 12.0. The van der Waals surface area contributed by atoms with Crippen molar-refractivity contribution in [1.82, 2.24) is 4.98 Å². The fourth-order valence-electron chi connectivity index (χ4n) is 2.03. The quantitative estimate of drug-likeness (QED) is 0.537. The zero-order chi connectivity index (χ0) is 16.9. The number of carbonyl (C=O) groups is 1. The molecule has 24 heavy (non-hydrogen) atoms. The number of amides is 1. The molecular weight excluding hydrogens is 408 g/mol. The van der Waals surface area contributed by atoms with Crippen molar-refractivity contribution in [2.75, 3.05) is 5.32 Å². The van der Waals surface area contributed by atoms with E-state index in [1.54, 1.807) is 12.1 Å². The van der Waals surface area contributed by atoms with Crippen LogP contribution >= 0.6 is 38.9 Å². The molecule has 0 atom stereocenters. The van der Waals surface area contributed by atoms with Crippen LogP contribution in [0.1, 0.15) is 5.56 Å². The highest BCUT2D eigenvalue weighted by atomic mass is 79.9. The molecule has 1 N–H and O–H groups in total. The monoisotopic (exact) mass is 418 g/mol. The zero-order valence-electron chi connectivity index (χ0n) is 12.4. The number of rotatable bonds is 4. The van der Waals surface area contributed by atoms with Crippen molar-refractivity contribution in [1.29, 1.82) is 0 Å². The van der Waals surface area contributed by atoms with Crippen LogP contribution in [0.5, 0.6) is 0 Å². The maximum atomic E-state index is 12.0. The van der Waals surface area contributed by atoms with Crippen LogP contribution < -0.4 is 5.32 Å². The van der Waals surface area contributed by atoms with Crippen LogP contribution in [0.3, 0.4) is 0 Å². The lowest BCUT2D eigenvalue weighted by Gasteiger charge is -1.99. The van der Waals surface area contributed by atoms with Crippen molar-refractivity contribution >= 4 is 56.0 Å². The van der Waals surface area contributed by atoms with Crippen LogP contribution in [0.25, 0.3) is 17.3 Å². The Hall–Kier alpha value is -1.95. The molecule has 1 aromatic heterocycles. The number of benzene rings is 2. The minimum atomic E-state index is -0.245. The first-order valence-electron chi connectivity index (χ1n) is 7.07. The molecule has 120 valence electrons. The molecule has 0 spiro atoms. The average molecular weight is 420 g/mol. The Morgan fingerprint density at radius 3 is 2.83 bits per heavy atom. The van der Waals surface area contributed by atoms with Gasteiger partial charge in [-0.05, 0) is 29.8 Å². The molecule has 0 aliphatic carbocycles. The molecular formula is C18H12BrClN2OS. The highest BCUT2D eigenvalue weighted by Crippen LogP contribution is 2.27. The Balaban J connectivity index is 1.68. The van der Waals surface area contributed by atoms with Gasteiger partial charge in [0.25, 0.3) is 0 Å². The summed E-state index contributed by atoms with van der Waals surface area (Å²) < 4.78 is 0.987. The molecule has 0 fully saturated rings. The number of nitrogens with one attached hydrogen (secondary N) is 1. The van der Waals surface area contributed by atoms with Gasteiger partial charge in [0, 0.05) is 26.5 Å². The van der Waals surface area contributed by atoms with E-state index < -0.39 is 0 Å². The number of hydrogen-bond donors (Lipinski definition) is 1. The highest BCUT2D eigenvalue weighted by Gasteiger charge is 2.07. The number of hydrogen-bond acceptors (Lipinski definition) is 3. The summed E-state index contributed by atoms with van der Waals surface area (Å²) in [7, 11) is 0. The normalized spacial score (nSPS) is 10.9. The summed E-state index contributed by atoms with van der Waals surface area (Å²) in [6.07, 6.45) is 3.13. The molecule has 0 bridgehead atoms. The first kappa shape index (κ1) is 16.9. The number of anilines is 1. The third kappa shape index (κ3) is 4.32. The third-order valence-corrected chi connectivity index (χ3v) is 4.77. The van der Waals surface area contributed by atoms with Crippen LogP contribution in [0.4, 0.5) is 5.13 Å².